The number of rotatable bonds is 8. The monoisotopic (exact) mass is 398 g/mol. The van der Waals surface area contributed by atoms with Crippen molar-refractivity contribution in [2.24, 2.45) is 0 Å². The summed E-state index contributed by atoms with van der Waals surface area (Å²) in [6, 6.07) is 21.7. The number of ether oxygens (including phenoxy) is 2. The fourth-order valence-electron chi connectivity index (χ4n) is 3.00. The van der Waals surface area contributed by atoms with Crippen LogP contribution in [0.5, 0.6) is 11.5 Å². The van der Waals surface area contributed by atoms with Crippen LogP contribution in [0.25, 0.3) is 0 Å². The molecular weight excluding hydrogens is 375 g/mol. The van der Waals surface area contributed by atoms with E-state index in [0.29, 0.717) is 24.7 Å². The number of hydrogen-bond acceptors (Lipinski definition) is 2. The summed E-state index contributed by atoms with van der Waals surface area (Å²) in [5.41, 5.74) is 2.13. The van der Waals surface area contributed by atoms with Crippen molar-refractivity contribution in [2.75, 3.05) is 6.61 Å². The second kappa shape index (κ2) is 9.22. The maximum absolute atomic E-state index is 13.3. The van der Waals surface area contributed by atoms with E-state index in [0.717, 1.165) is 17.0 Å². The summed E-state index contributed by atoms with van der Waals surface area (Å²) in [6.07, 6.45) is 0.956. The zero-order chi connectivity index (χ0) is 20.0. The summed E-state index contributed by atoms with van der Waals surface area (Å²) in [6.45, 7) is 5.43. The van der Waals surface area contributed by atoms with E-state index in [4.69, 9.17) is 21.1 Å². The summed E-state index contributed by atoms with van der Waals surface area (Å²) in [4.78, 5) is 0. The van der Waals surface area contributed by atoms with E-state index in [1.807, 2.05) is 36.4 Å². The van der Waals surface area contributed by atoms with Crippen molar-refractivity contribution in [3.05, 3.63) is 94.8 Å². The molecule has 0 amide bonds. The lowest BCUT2D eigenvalue weighted by Crippen LogP contribution is -2.27. The predicted molar refractivity (Wildman–Crippen MR) is 112 cm³/mol. The first-order chi connectivity index (χ1) is 13.5. The SMILES string of the molecule is CCC(C)(COCc1cccc(Oc2cccc(F)c2)c1)c1ccc(Cl)cc1. The van der Waals surface area contributed by atoms with Gasteiger partial charge in [-0.3, -0.25) is 0 Å². The van der Waals surface area contributed by atoms with Gasteiger partial charge in [-0.25, -0.2) is 4.39 Å². The molecule has 1 atom stereocenters. The Morgan fingerprint density at radius 1 is 0.929 bits per heavy atom. The van der Waals surface area contributed by atoms with Crippen LogP contribution in [-0.2, 0) is 16.8 Å². The molecule has 0 radical (unpaired) electrons. The Kier molecular flexibility index (Phi) is 6.71. The van der Waals surface area contributed by atoms with Gasteiger partial charge in [-0.15, -0.1) is 0 Å². The second-order valence-corrected chi connectivity index (χ2v) is 7.56. The first-order valence-corrected chi connectivity index (χ1v) is 9.72. The van der Waals surface area contributed by atoms with Crippen LogP contribution in [0, 0.1) is 5.82 Å². The molecule has 4 heteroatoms. The van der Waals surface area contributed by atoms with E-state index < -0.39 is 0 Å². The van der Waals surface area contributed by atoms with E-state index in [1.54, 1.807) is 12.1 Å². The summed E-state index contributed by atoms with van der Waals surface area (Å²) >= 11 is 6.01. The zero-order valence-electron chi connectivity index (χ0n) is 16.1. The van der Waals surface area contributed by atoms with Gasteiger partial charge in [0.25, 0.3) is 0 Å². The van der Waals surface area contributed by atoms with Gasteiger partial charge in [0.2, 0.25) is 0 Å². The molecule has 28 heavy (non-hydrogen) atoms. The highest BCUT2D eigenvalue weighted by molar-refractivity contribution is 6.30. The Balaban J connectivity index is 1.62. The number of halogens is 2. The van der Waals surface area contributed by atoms with Crippen molar-refractivity contribution < 1.29 is 13.9 Å². The van der Waals surface area contributed by atoms with Crippen molar-refractivity contribution in [3.63, 3.8) is 0 Å². The molecule has 3 aromatic carbocycles. The van der Waals surface area contributed by atoms with Gasteiger partial charge in [0.15, 0.2) is 0 Å². The van der Waals surface area contributed by atoms with Crippen molar-refractivity contribution >= 4 is 11.6 Å². The second-order valence-electron chi connectivity index (χ2n) is 7.12. The highest BCUT2D eigenvalue weighted by Crippen LogP contribution is 2.29. The van der Waals surface area contributed by atoms with Crippen LogP contribution in [-0.4, -0.2) is 6.61 Å². The molecule has 0 N–H and O–H groups in total. The van der Waals surface area contributed by atoms with Gasteiger partial charge >= 0.3 is 0 Å². The molecule has 0 aromatic heterocycles. The molecule has 0 aliphatic heterocycles. The molecule has 0 fully saturated rings. The molecule has 0 heterocycles. The van der Waals surface area contributed by atoms with Crippen molar-refractivity contribution in [1.82, 2.24) is 0 Å². The van der Waals surface area contributed by atoms with Gasteiger partial charge in [0.1, 0.15) is 17.3 Å². The molecular formula is C24H24ClFO2. The minimum Gasteiger partial charge on any atom is -0.457 e. The fourth-order valence-corrected chi connectivity index (χ4v) is 3.13. The fraction of sp³-hybridized carbons (Fsp3) is 0.250. The zero-order valence-corrected chi connectivity index (χ0v) is 16.9. The molecule has 0 bridgehead atoms. The Bertz CT molecular complexity index is 910. The van der Waals surface area contributed by atoms with Crippen LogP contribution in [0.2, 0.25) is 5.02 Å². The third kappa shape index (κ3) is 5.34. The van der Waals surface area contributed by atoms with E-state index in [9.17, 15) is 4.39 Å². The molecule has 0 saturated heterocycles. The average molecular weight is 399 g/mol. The lowest BCUT2D eigenvalue weighted by Gasteiger charge is -2.29. The summed E-state index contributed by atoms with van der Waals surface area (Å²) in [5.74, 6) is 0.806. The van der Waals surface area contributed by atoms with Crippen LogP contribution in [0.15, 0.2) is 72.8 Å². The third-order valence-corrected chi connectivity index (χ3v) is 5.19. The minimum atomic E-state index is -0.321. The maximum atomic E-state index is 13.3. The summed E-state index contributed by atoms with van der Waals surface area (Å²) in [7, 11) is 0. The smallest absolute Gasteiger partial charge is 0.130 e. The summed E-state index contributed by atoms with van der Waals surface area (Å²) < 4.78 is 25.1. The molecule has 146 valence electrons. The minimum absolute atomic E-state index is 0.0831. The highest BCUT2D eigenvalue weighted by atomic mass is 35.5. The first kappa shape index (κ1) is 20.4. The Morgan fingerprint density at radius 3 is 2.29 bits per heavy atom. The van der Waals surface area contributed by atoms with Crippen LogP contribution in [0.4, 0.5) is 4.39 Å². The van der Waals surface area contributed by atoms with Crippen molar-refractivity contribution in [1.29, 1.82) is 0 Å². The normalized spacial score (nSPS) is 13.1. The average Bonchev–Trinajstić information content (AvgIpc) is 2.69. The first-order valence-electron chi connectivity index (χ1n) is 9.35. The predicted octanol–water partition coefficient (Wildman–Crippen LogP) is 7.16. The third-order valence-electron chi connectivity index (χ3n) is 4.94. The molecule has 0 saturated carbocycles. The van der Waals surface area contributed by atoms with Crippen molar-refractivity contribution in [2.45, 2.75) is 32.3 Å². The number of hydrogen-bond donors (Lipinski definition) is 0. The lowest BCUT2D eigenvalue weighted by atomic mass is 9.81. The topological polar surface area (TPSA) is 18.5 Å². The largest absolute Gasteiger partial charge is 0.457 e. The van der Waals surface area contributed by atoms with E-state index in [2.05, 4.69) is 26.0 Å². The molecule has 3 rings (SSSR count). The Labute approximate surface area is 170 Å². The van der Waals surface area contributed by atoms with Gasteiger partial charge in [-0.2, -0.15) is 0 Å². The van der Waals surface area contributed by atoms with E-state index in [-0.39, 0.29) is 11.2 Å². The summed E-state index contributed by atoms with van der Waals surface area (Å²) in [5, 5.41) is 0.734. The van der Waals surface area contributed by atoms with Crippen LogP contribution in [0.1, 0.15) is 31.4 Å². The Hall–Kier alpha value is -2.36. The van der Waals surface area contributed by atoms with Gasteiger partial charge in [-0.05, 0) is 53.9 Å². The van der Waals surface area contributed by atoms with Crippen LogP contribution >= 0.6 is 11.6 Å². The van der Waals surface area contributed by atoms with Gasteiger partial charge in [-0.1, -0.05) is 55.8 Å². The van der Waals surface area contributed by atoms with Gasteiger partial charge in [0, 0.05) is 16.5 Å². The van der Waals surface area contributed by atoms with Crippen molar-refractivity contribution in [3.8, 4) is 11.5 Å². The van der Waals surface area contributed by atoms with Crippen LogP contribution < -0.4 is 4.74 Å². The quantitative estimate of drug-likeness (QED) is 0.401. The van der Waals surface area contributed by atoms with E-state index in [1.165, 1.54) is 17.7 Å². The maximum Gasteiger partial charge on any atom is 0.130 e. The molecule has 2 nitrogen and oxygen atoms in total. The Morgan fingerprint density at radius 2 is 1.61 bits per heavy atom. The molecule has 0 aliphatic carbocycles. The van der Waals surface area contributed by atoms with Gasteiger partial charge in [0.05, 0.1) is 13.2 Å². The number of benzene rings is 3. The lowest BCUT2D eigenvalue weighted by molar-refractivity contribution is 0.0747. The molecule has 0 aliphatic rings. The van der Waals surface area contributed by atoms with Gasteiger partial charge < -0.3 is 9.47 Å². The molecule has 3 aromatic rings. The van der Waals surface area contributed by atoms with E-state index >= 15 is 0 Å². The molecule has 1 unspecified atom stereocenters. The highest BCUT2D eigenvalue weighted by Gasteiger charge is 2.24. The van der Waals surface area contributed by atoms with Crippen LogP contribution in [0.3, 0.4) is 0 Å². The molecule has 0 spiro atoms. The standard InChI is InChI=1S/C24H24ClFO2/c1-3-24(2,19-10-12-20(25)13-11-19)17-27-16-18-6-4-8-22(14-18)28-23-9-5-7-21(26)15-23/h4-15H,3,16-17H2,1-2H3.